The maximum absolute atomic E-state index is 12.7. The van der Waals surface area contributed by atoms with Crippen LogP contribution in [0, 0.1) is 0 Å². The Bertz CT molecular complexity index is 796. The zero-order valence-electron chi connectivity index (χ0n) is 18.6. The van der Waals surface area contributed by atoms with Gasteiger partial charge in [0.1, 0.15) is 18.1 Å². The number of thioether (sulfide) groups is 1. The molecule has 184 valence electrons. The van der Waals surface area contributed by atoms with E-state index in [-0.39, 0.29) is 18.6 Å². The average Bonchev–Trinajstić information content (AvgIpc) is 2.78. The number of carboxylic acids is 1. The van der Waals surface area contributed by atoms with E-state index in [1.807, 2.05) is 30.3 Å². The quantitative estimate of drug-likeness (QED) is 0.162. The van der Waals surface area contributed by atoms with Crippen molar-refractivity contribution in [3.8, 4) is 0 Å². The molecule has 0 aliphatic heterocycles. The highest BCUT2D eigenvalue weighted by molar-refractivity contribution is 7.98. The lowest BCUT2D eigenvalue weighted by atomic mass is 10.1. The van der Waals surface area contributed by atoms with Crippen LogP contribution in [-0.4, -0.2) is 81.9 Å². The van der Waals surface area contributed by atoms with Crippen LogP contribution in [-0.2, 0) is 25.6 Å². The molecule has 0 bridgehead atoms. The molecule has 3 amide bonds. The highest BCUT2D eigenvalue weighted by Crippen LogP contribution is 2.05. The average molecular weight is 501 g/mol. The maximum Gasteiger partial charge on any atom is 0.326 e. The molecule has 0 spiro atoms. The Balaban J connectivity index is 2.77. The normalized spacial score (nSPS) is 15.4. The first-order valence-electron chi connectivity index (χ1n) is 10.3. The number of aliphatic carboxylic acids is 1. The molecule has 0 radical (unpaired) electrons. The van der Waals surface area contributed by atoms with Crippen LogP contribution in [0.2, 0.25) is 0 Å². The van der Waals surface area contributed by atoms with E-state index in [0.717, 1.165) is 5.56 Å². The molecule has 5 unspecified atom stereocenters. The molecule has 1 rings (SSSR count). The van der Waals surface area contributed by atoms with Gasteiger partial charge in [0.25, 0.3) is 0 Å². The van der Waals surface area contributed by atoms with Gasteiger partial charge in [-0.15, -0.1) is 0 Å². The number of aliphatic hydroxyl groups excluding tert-OH is 1. The third-order valence-corrected chi connectivity index (χ3v) is 5.75. The second kappa shape index (κ2) is 14.8. The first-order chi connectivity index (χ1) is 15.6. The van der Waals surface area contributed by atoms with Crippen LogP contribution in [0.3, 0.4) is 0 Å². The van der Waals surface area contributed by atoms with Gasteiger partial charge in [-0.05, 0) is 37.3 Å². The van der Waals surface area contributed by atoms with Crippen molar-refractivity contribution >= 4 is 48.1 Å². The number of aliphatic hydroxyl groups is 1. The van der Waals surface area contributed by atoms with Crippen molar-refractivity contribution in [1.29, 1.82) is 0 Å². The predicted octanol–water partition coefficient (Wildman–Crippen LogP) is -0.841. The van der Waals surface area contributed by atoms with Gasteiger partial charge in [0, 0.05) is 5.75 Å². The second-order valence-electron chi connectivity index (χ2n) is 7.45. The van der Waals surface area contributed by atoms with Gasteiger partial charge >= 0.3 is 5.97 Å². The molecular weight excluding hydrogens is 468 g/mol. The molecule has 12 heteroatoms. The minimum absolute atomic E-state index is 0.0880. The number of carbonyl (C=O) groups is 4. The zero-order valence-corrected chi connectivity index (χ0v) is 20.3. The fraction of sp³-hybridized carbons (Fsp3) is 0.524. The van der Waals surface area contributed by atoms with Crippen LogP contribution in [0.15, 0.2) is 30.3 Å². The van der Waals surface area contributed by atoms with Crippen molar-refractivity contribution in [2.24, 2.45) is 5.73 Å². The van der Waals surface area contributed by atoms with Crippen LogP contribution in [0.1, 0.15) is 18.9 Å². The molecule has 0 saturated carbocycles. The summed E-state index contributed by atoms with van der Waals surface area (Å²) in [7, 11) is 0. The Kier molecular flexibility index (Phi) is 12.9. The lowest BCUT2D eigenvalue weighted by molar-refractivity contribution is -0.143. The number of rotatable bonds is 14. The van der Waals surface area contributed by atoms with E-state index >= 15 is 0 Å². The molecule has 0 aromatic heterocycles. The number of hydrogen-bond donors (Lipinski definition) is 7. The minimum atomic E-state index is -1.43. The van der Waals surface area contributed by atoms with Crippen molar-refractivity contribution in [2.75, 3.05) is 17.8 Å². The van der Waals surface area contributed by atoms with E-state index in [1.54, 1.807) is 6.26 Å². The van der Waals surface area contributed by atoms with E-state index in [9.17, 15) is 29.4 Å². The number of nitrogens with two attached hydrogens (primary N) is 1. The van der Waals surface area contributed by atoms with Gasteiger partial charge in [-0.25, -0.2) is 4.79 Å². The van der Waals surface area contributed by atoms with E-state index < -0.39 is 54.0 Å². The summed E-state index contributed by atoms with van der Waals surface area (Å²) in [5, 5.41) is 26.5. The molecular formula is C21H32N4O6S2. The van der Waals surface area contributed by atoms with Crippen LogP contribution in [0.5, 0.6) is 0 Å². The van der Waals surface area contributed by atoms with Gasteiger partial charge in [0.15, 0.2) is 0 Å². The maximum atomic E-state index is 12.7. The summed E-state index contributed by atoms with van der Waals surface area (Å²) < 4.78 is 0. The van der Waals surface area contributed by atoms with Gasteiger partial charge in [0.2, 0.25) is 17.7 Å². The molecule has 0 saturated heterocycles. The molecule has 0 heterocycles. The van der Waals surface area contributed by atoms with Crippen molar-refractivity contribution in [2.45, 2.75) is 50.0 Å². The Morgan fingerprint density at radius 1 is 1.03 bits per heavy atom. The molecule has 0 fully saturated rings. The fourth-order valence-electron chi connectivity index (χ4n) is 2.85. The number of carbonyl (C=O) groups excluding carboxylic acids is 3. The number of benzene rings is 1. The number of carboxylic acid groups (broad SMARTS) is 1. The summed E-state index contributed by atoms with van der Waals surface area (Å²) in [6.07, 6.45) is 0.925. The van der Waals surface area contributed by atoms with Crippen LogP contribution in [0.4, 0.5) is 0 Å². The lowest BCUT2D eigenvalue weighted by Gasteiger charge is -2.26. The first kappa shape index (κ1) is 28.8. The largest absolute Gasteiger partial charge is 0.480 e. The highest BCUT2D eigenvalue weighted by atomic mass is 32.2. The molecule has 0 aliphatic rings. The van der Waals surface area contributed by atoms with Crippen molar-refractivity contribution in [3.05, 3.63) is 35.9 Å². The Labute approximate surface area is 202 Å². The molecule has 33 heavy (non-hydrogen) atoms. The van der Waals surface area contributed by atoms with Crippen LogP contribution in [0.25, 0.3) is 0 Å². The number of amides is 3. The topological polar surface area (TPSA) is 171 Å². The summed E-state index contributed by atoms with van der Waals surface area (Å²) in [5.74, 6) is -3.00. The smallest absolute Gasteiger partial charge is 0.326 e. The monoisotopic (exact) mass is 500 g/mol. The lowest BCUT2D eigenvalue weighted by Crippen LogP contribution is -2.60. The summed E-state index contributed by atoms with van der Waals surface area (Å²) in [6.45, 7) is 1.28. The van der Waals surface area contributed by atoms with Crippen molar-refractivity contribution < 1.29 is 29.4 Å². The summed E-state index contributed by atoms with van der Waals surface area (Å²) >= 11 is 5.51. The van der Waals surface area contributed by atoms with Crippen LogP contribution >= 0.6 is 24.4 Å². The number of nitrogens with one attached hydrogen (secondary N) is 3. The van der Waals surface area contributed by atoms with Crippen molar-refractivity contribution in [1.82, 2.24) is 16.0 Å². The Morgan fingerprint density at radius 2 is 1.64 bits per heavy atom. The molecule has 7 N–H and O–H groups in total. The fourth-order valence-corrected chi connectivity index (χ4v) is 3.58. The standard InChI is InChI=1S/C21H32N4O6S2/c1-12(26)17(20(29)23-15(21(30)31)8-9-33-2)25-19(28)16(11-32)24-18(27)14(22)10-13-6-4-3-5-7-13/h3-7,12,14-17,26,32H,8-11,22H2,1-2H3,(H,23,29)(H,24,27)(H,25,28)(H,30,31). The summed E-state index contributed by atoms with van der Waals surface area (Å²) in [5.41, 5.74) is 6.80. The van der Waals surface area contributed by atoms with Gasteiger partial charge in [-0.1, -0.05) is 30.3 Å². The van der Waals surface area contributed by atoms with Gasteiger partial charge in [-0.2, -0.15) is 24.4 Å². The van der Waals surface area contributed by atoms with Gasteiger partial charge < -0.3 is 31.9 Å². The van der Waals surface area contributed by atoms with Gasteiger partial charge in [-0.3, -0.25) is 14.4 Å². The summed E-state index contributed by atoms with van der Waals surface area (Å²) in [4.78, 5) is 49.1. The summed E-state index contributed by atoms with van der Waals surface area (Å²) in [6, 6.07) is 4.51. The van der Waals surface area contributed by atoms with Crippen molar-refractivity contribution in [3.63, 3.8) is 0 Å². The third-order valence-electron chi connectivity index (χ3n) is 4.74. The Morgan fingerprint density at radius 3 is 2.15 bits per heavy atom. The zero-order chi connectivity index (χ0) is 25.0. The second-order valence-corrected chi connectivity index (χ2v) is 8.80. The third kappa shape index (κ3) is 10.0. The van der Waals surface area contributed by atoms with E-state index in [1.165, 1.54) is 18.7 Å². The van der Waals surface area contributed by atoms with E-state index in [4.69, 9.17) is 5.73 Å². The SMILES string of the molecule is CSCCC(NC(=O)C(NC(=O)C(CS)NC(=O)C(N)Cc1ccccc1)C(C)O)C(=O)O. The molecule has 10 nitrogen and oxygen atoms in total. The highest BCUT2D eigenvalue weighted by Gasteiger charge is 2.32. The molecule has 1 aromatic rings. The van der Waals surface area contributed by atoms with E-state index in [2.05, 4.69) is 28.6 Å². The van der Waals surface area contributed by atoms with Crippen LogP contribution < -0.4 is 21.7 Å². The molecule has 1 aromatic carbocycles. The van der Waals surface area contributed by atoms with Gasteiger partial charge in [0.05, 0.1) is 12.1 Å². The number of thiol groups is 1. The molecule has 0 aliphatic carbocycles. The van der Waals surface area contributed by atoms with E-state index in [0.29, 0.717) is 5.75 Å². The molecule has 5 atom stereocenters. The Hall–Kier alpha value is -2.28. The predicted molar refractivity (Wildman–Crippen MR) is 130 cm³/mol. The number of hydrogen-bond acceptors (Lipinski definition) is 8. The minimum Gasteiger partial charge on any atom is -0.480 e. The first-order valence-corrected chi connectivity index (χ1v) is 12.3.